The molecule has 1 atom stereocenters. The molecule has 4 nitrogen and oxygen atoms in total. The van der Waals surface area contributed by atoms with Crippen LogP contribution in [0, 0.1) is 0 Å². The van der Waals surface area contributed by atoms with Crippen LogP contribution < -0.4 is 10.6 Å². The van der Waals surface area contributed by atoms with E-state index in [1.54, 1.807) is 6.20 Å². The first-order valence-electron chi connectivity index (χ1n) is 6.78. The fourth-order valence-corrected chi connectivity index (χ4v) is 2.80. The lowest BCUT2D eigenvalue weighted by atomic mass is 9.96. The summed E-state index contributed by atoms with van der Waals surface area (Å²) in [4.78, 5) is 0. The molecule has 0 aromatic carbocycles. The van der Waals surface area contributed by atoms with Crippen LogP contribution in [0.25, 0.3) is 0 Å². The molecule has 1 aromatic rings. The minimum Gasteiger partial charge on any atom is -0.360 e. The second-order valence-corrected chi connectivity index (χ2v) is 5.49. The van der Waals surface area contributed by atoms with Gasteiger partial charge in [-0.15, -0.1) is 0 Å². The average Bonchev–Trinajstić information content (AvgIpc) is 2.82. The molecule has 1 fully saturated rings. The van der Waals surface area contributed by atoms with Crippen molar-refractivity contribution in [2.24, 2.45) is 0 Å². The molecule has 1 saturated carbocycles. The third-order valence-corrected chi connectivity index (χ3v) is 3.57. The first-order chi connectivity index (χ1) is 8.74. The van der Waals surface area contributed by atoms with Gasteiger partial charge in [0.1, 0.15) is 0 Å². The van der Waals surface area contributed by atoms with E-state index < -0.39 is 0 Å². The van der Waals surface area contributed by atoms with Gasteiger partial charge in [-0.05, 0) is 38.0 Å². The summed E-state index contributed by atoms with van der Waals surface area (Å²) in [5, 5.41) is 11.7. The molecule has 2 rings (SSSR count). The molecule has 5 heteroatoms. The summed E-state index contributed by atoms with van der Waals surface area (Å²) in [7, 11) is 0. The van der Waals surface area contributed by atoms with Crippen molar-refractivity contribution in [3.05, 3.63) is 18.5 Å². The number of nitrogens with zero attached hydrogens (tertiary/aromatic N) is 2. The molecule has 1 heterocycles. The van der Waals surface area contributed by atoms with Crippen LogP contribution in [0.15, 0.2) is 18.5 Å². The van der Waals surface area contributed by atoms with Crippen molar-refractivity contribution in [1.29, 1.82) is 0 Å². The molecule has 0 saturated heterocycles. The van der Waals surface area contributed by atoms with Crippen LogP contribution in [0.1, 0.15) is 39.0 Å². The van der Waals surface area contributed by atoms with Crippen LogP contribution in [0.2, 0.25) is 0 Å². The van der Waals surface area contributed by atoms with E-state index in [1.807, 2.05) is 16.9 Å². The molecule has 0 spiro atoms. The first kappa shape index (κ1) is 13.3. The van der Waals surface area contributed by atoms with Crippen LogP contribution in [-0.2, 0) is 6.54 Å². The molecule has 18 heavy (non-hydrogen) atoms. The van der Waals surface area contributed by atoms with Gasteiger partial charge in [0.15, 0.2) is 5.11 Å². The Morgan fingerprint density at radius 1 is 1.44 bits per heavy atom. The predicted molar refractivity (Wildman–Crippen MR) is 77.4 cm³/mol. The second kappa shape index (κ2) is 6.73. The zero-order chi connectivity index (χ0) is 12.8. The summed E-state index contributed by atoms with van der Waals surface area (Å²) in [6, 6.07) is 2.79. The summed E-state index contributed by atoms with van der Waals surface area (Å²) in [5.41, 5.74) is 0. The van der Waals surface area contributed by atoms with Crippen LogP contribution in [-0.4, -0.2) is 27.0 Å². The van der Waals surface area contributed by atoms with Crippen LogP contribution in [0.3, 0.4) is 0 Å². The fraction of sp³-hybridized carbons (Fsp3) is 0.692. The first-order valence-corrected chi connectivity index (χ1v) is 7.19. The molecule has 1 unspecified atom stereocenters. The van der Waals surface area contributed by atoms with E-state index in [1.165, 1.54) is 32.1 Å². The van der Waals surface area contributed by atoms with Crippen LogP contribution in [0.4, 0.5) is 0 Å². The number of thiocarbonyl (C=S) groups is 1. The molecule has 1 aromatic heterocycles. The minimum absolute atomic E-state index is 0.286. The van der Waals surface area contributed by atoms with Gasteiger partial charge in [-0.2, -0.15) is 5.10 Å². The summed E-state index contributed by atoms with van der Waals surface area (Å²) in [5.74, 6) is 0. The molecular weight excluding hydrogens is 244 g/mol. The van der Waals surface area contributed by atoms with E-state index in [0.29, 0.717) is 6.04 Å². The predicted octanol–water partition coefficient (Wildman–Crippen LogP) is 2.07. The summed E-state index contributed by atoms with van der Waals surface area (Å²) in [6.07, 6.45) is 10.3. The fourth-order valence-electron chi connectivity index (χ4n) is 2.43. The number of hydrogen-bond donors (Lipinski definition) is 2. The normalized spacial score (nSPS) is 18.3. The van der Waals surface area contributed by atoms with Gasteiger partial charge in [0.05, 0.1) is 6.54 Å². The highest BCUT2D eigenvalue weighted by Crippen LogP contribution is 2.17. The van der Waals surface area contributed by atoms with Crippen LogP contribution in [0.5, 0.6) is 0 Å². The molecule has 0 radical (unpaired) electrons. The maximum Gasteiger partial charge on any atom is 0.166 e. The second-order valence-electron chi connectivity index (χ2n) is 5.08. The van der Waals surface area contributed by atoms with E-state index >= 15 is 0 Å². The summed E-state index contributed by atoms with van der Waals surface area (Å²) in [6.45, 7) is 2.95. The highest BCUT2D eigenvalue weighted by Gasteiger charge is 2.14. The summed E-state index contributed by atoms with van der Waals surface area (Å²) < 4.78 is 1.92. The third-order valence-electron chi connectivity index (χ3n) is 3.34. The standard InChI is InChI=1S/C13H22N4S/c1-11(10-17-9-5-8-14-17)15-13(18)16-12-6-3-2-4-7-12/h5,8-9,11-12H,2-4,6-7,10H2,1H3,(H2,15,16,18). The van der Waals surface area contributed by atoms with Crippen molar-refractivity contribution in [3.8, 4) is 0 Å². The Bertz CT molecular complexity index is 357. The monoisotopic (exact) mass is 266 g/mol. The molecule has 0 amide bonds. The van der Waals surface area contributed by atoms with Crippen molar-refractivity contribution >= 4 is 17.3 Å². The van der Waals surface area contributed by atoms with Crippen molar-refractivity contribution in [1.82, 2.24) is 20.4 Å². The number of nitrogens with one attached hydrogen (secondary N) is 2. The van der Waals surface area contributed by atoms with Gasteiger partial charge in [0, 0.05) is 24.5 Å². The molecule has 100 valence electrons. The van der Waals surface area contributed by atoms with Crippen molar-refractivity contribution in [2.75, 3.05) is 0 Å². The van der Waals surface area contributed by atoms with E-state index in [-0.39, 0.29) is 6.04 Å². The van der Waals surface area contributed by atoms with Gasteiger partial charge >= 0.3 is 0 Å². The van der Waals surface area contributed by atoms with E-state index in [9.17, 15) is 0 Å². The smallest absolute Gasteiger partial charge is 0.166 e. The van der Waals surface area contributed by atoms with Crippen LogP contribution >= 0.6 is 12.2 Å². The Hall–Kier alpha value is -1.10. The molecule has 0 bridgehead atoms. The topological polar surface area (TPSA) is 41.9 Å². The highest BCUT2D eigenvalue weighted by atomic mass is 32.1. The Morgan fingerprint density at radius 3 is 2.89 bits per heavy atom. The number of rotatable bonds is 4. The third kappa shape index (κ3) is 4.29. The Labute approximate surface area is 114 Å². The van der Waals surface area contributed by atoms with Gasteiger partial charge in [-0.3, -0.25) is 4.68 Å². The van der Waals surface area contributed by atoms with Crippen molar-refractivity contribution < 1.29 is 0 Å². The lowest BCUT2D eigenvalue weighted by molar-refractivity contribution is 0.408. The van der Waals surface area contributed by atoms with Gasteiger partial charge in [0.25, 0.3) is 0 Å². The largest absolute Gasteiger partial charge is 0.360 e. The SMILES string of the molecule is CC(Cn1cccn1)NC(=S)NC1CCCCC1. The Morgan fingerprint density at radius 2 is 2.22 bits per heavy atom. The van der Waals surface area contributed by atoms with Gasteiger partial charge < -0.3 is 10.6 Å². The van der Waals surface area contributed by atoms with Gasteiger partial charge in [-0.25, -0.2) is 0 Å². The molecule has 2 N–H and O–H groups in total. The van der Waals surface area contributed by atoms with Gasteiger partial charge in [-0.1, -0.05) is 19.3 Å². The Kier molecular flexibility index (Phi) is 4.99. The number of hydrogen-bond acceptors (Lipinski definition) is 2. The van der Waals surface area contributed by atoms with E-state index in [2.05, 4.69) is 22.7 Å². The van der Waals surface area contributed by atoms with E-state index in [0.717, 1.165) is 11.7 Å². The molecular formula is C13H22N4S. The summed E-state index contributed by atoms with van der Waals surface area (Å²) >= 11 is 5.35. The zero-order valence-corrected chi connectivity index (χ0v) is 11.7. The highest BCUT2D eigenvalue weighted by molar-refractivity contribution is 7.80. The Balaban J connectivity index is 1.69. The zero-order valence-electron chi connectivity index (χ0n) is 10.9. The van der Waals surface area contributed by atoms with Gasteiger partial charge in [0.2, 0.25) is 0 Å². The molecule has 1 aliphatic rings. The quantitative estimate of drug-likeness (QED) is 0.819. The number of aromatic nitrogens is 2. The van der Waals surface area contributed by atoms with Crippen molar-refractivity contribution in [2.45, 2.75) is 57.7 Å². The molecule has 0 aliphatic heterocycles. The maximum absolute atomic E-state index is 5.35. The lowest BCUT2D eigenvalue weighted by Gasteiger charge is -2.25. The maximum atomic E-state index is 5.35. The average molecular weight is 266 g/mol. The minimum atomic E-state index is 0.286. The lowest BCUT2D eigenvalue weighted by Crippen LogP contribution is -2.46. The molecule has 1 aliphatic carbocycles. The van der Waals surface area contributed by atoms with Crippen molar-refractivity contribution in [3.63, 3.8) is 0 Å². The van der Waals surface area contributed by atoms with E-state index in [4.69, 9.17) is 12.2 Å².